The van der Waals surface area contributed by atoms with Crippen molar-refractivity contribution < 1.29 is 5.11 Å². The molecule has 0 spiro atoms. The fourth-order valence-electron chi connectivity index (χ4n) is 1.73. The fourth-order valence-corrected chi connectivity index (χ4v) is 1.73. The average molecular weight is 236 g/mol. The molecular weight excluding hydrogens is 212 g/mol. The molecule has 1 aromatic rings. The van der Waals surface area contributed by atoms with Crippen molar-refractivity contribution in [2.24, 2.45) is 5.92 Å². The fraction of sp³-hybridized carbons (Fsp3) is 0.643. The van der Waals surface area contributed by atoms with Gasteiger partial charge in [-0.05, 0) is 37.1 Å². The first-order valence-electron chi connectivity index (χ1n) is 6.39. The van der Waals surface area contributed by atoms with Gasteiger partial charge >= 0.3 is 0 Å². The molecule has 1 N–H and O–H groups in total. The Labute approximate surface area is 104 Å². The first-order chi connectivity index (χ1) is 8.13. The van der Waals surface area contributed by atoms with Gasteiger partial charge in [-0.2, -0.15) is 0 Å². The van der Waals surface area contributed by atoms with Crippen LogP contribution in [-0.4, -0.2) is 41.2 Å². The second-order valence-electron chi connectivity index (χ2n) is 4.82. The molecule has 2 unspecified atom stereocenters. The highest BCUT2D eigenvalue weighted by atomic mass is 16.3. The maximum atomic E-state index is 9.93. The Morgan fingerprint density at radius 3 is 2.59 bits per heavy atom. The molecule has 0 saturated carbocycles. The summed E-state index contributed by atoms with van der Waals surface area (Å²) < 4.78 is 0. The van der Waals surface area contributed by atoms with E-state index in [1.165, 1.54) is 5.56 Å². The van der Waals surface area contributed by atoms with Crippen LogP contribution in [0.2, 0.25) is 0 Å². The molecule has 1 rings (SSSR count). The van der Waals surface area contributed by atoms with Crippen molar-refractivity contribution >= 4 is 0 Å². The van der Waals surface area contributed by atoms with Gasteiger partial charge in [-0.25, -0.2) is 0 Å². The van der Waals surface area contributed by atoms with Crippen LogP contribution in [0.1, 0.15) is 25.8 Å². The minimum absolute atomic E-state index is 0.220. The van der Waals surface area contributed by atoms with E-state index in [-0.39, 0.29) is 6.10 Å². The van der Waals surface area contributed by atoms with E-state index in [0.29, 0.717) is 5.92 Å². The Hall–Kier alpha value is -0.930. The van der Waals surface area contributed by atoms with Gasteiger partial charge in [0.05, 0.1) is 6.10 Å². The number of likely N-dealkylation sites (N-methyl/N-ethyl adjacent to an activating group) is 1. The summed E-state index contributed by atoms with van der Waals surface area (Å²) in [5.74, 6) is 0.373. The molecule has 0 saturated heterocycles. The van der Waals surface area contributed by atoms with E-state index in [1.54, 1.807) is 0 Å². The maximum Gasteiger partial charge on any atom is 0.0692 e. The van der Waals surface area contributed by atoms with E-state index >= 15 is 0 Å². The summed E-state index contributed by atoms with van der Waals surface area (Å²) in [6.45, 7) is 5.93. The van der Waals surface area contributed by atoms with Gasteiger partial charge in [-0.3, -0.25) is 4.98 Å². The van der Waals surface area contributed by atoms with Gasteiger partial charge in [0.2, 0.25) is 0 Å². The molecule has 96 valence electrons. The van der Waals surface area contributed by atoms with Crippen LogP contribution in [0.5, 0.6) is 0 Å². The second kappa shape index (κ2) is 7.41. The lowest BCUT2D eigenvalue weighted by molar-refractivity contribution is 0.0781. The van der Waals surface area contributed by atoms with Crippen LogP contribution in [0.3, 0.4) is 0 Å². The Morgan fingerprint density at radius 2 is 2.00 bits per heavy atom. The lowest BCUT2D eigenvalue weighted by atomic mass is 10.0. The molecule has 2 atom stereocenters. The Bertz CT molecular complexity index is 302. The van der Waals surface area contributed by atoms with Crippen molar-refractivity contribution in [3.05, 3.63) is 30.1 Å². The number of aromatic nitrogens is 1. The third kappa shape index (κ3) is 5.29. The monoisotopic (exact) mass is 236 g/mol. The molecule has 0 aliphatic heterocycles. The minimum Gasteiger partial charge on any atom is -0.392 e. The molecule has 0 aliphatic carbocycles. The van der Waals surface area contributed by atoms with E-state index in [4.69, 9.17) is 0 Å². The third-order valence-electron chi connectivity index (χ3n) is 3.33. The van der Waals surface area contributed by atoms with Crippen LogP contribution < -0.4 is 0 Å². The normalized spacial score (nSPS) is 14.9. The van der Waals surface area contributed by atoms with Gasteiger partial charge in [-0.1, -0.05) is 20.3 Å². The first-order valence-corrected chi connectivity index (χ1v) is 6.39. The summed E-state index contributed by atoms with van der Waals surface area (Å²) in [7, 11) is 2.06. The van der Waals surface area contributed by atoms with Gasteiger partial charge in [0.25, 0.3) is 0 Å². The molecular formula is C14H24N2O. The van der Waals surface area contributed by atoms with Crippen molar-refractivity contribution in [2.75, 3.05) is 20.1 Å². The molecule has 0 amide bonds. The van der Waals surface area contributed by atoms with E-state index < -0.39 is 0 Å². The zero-order valence-corrected chi connectivity index (χ0v) is 11.1. The van der Waals surface area contributed by atoms with E-state index in [1.807, 2.05) is 24.5 Å². The average Bonchev–Trinajstić information content (AvgIpc) is 2.36. The van der Waals surface area contributed by atoms with Crippen molar-refractivity contribution in [1.29, 1.82) is 0 Å². The molecule has 0 fully saturated rings. The molecule has 1 heterocycles. The molecule has 0 radical (unpaired) electrons. The summed E-state index contributed by atoms with van der Waals surface area (Å²) in [6, 6.07) is 4.08. The van der Waals surface area contributed by atoms with Crippen LogP contribution in [0, 0.1) is 5.92 Å². The van der Waals surface area contributed by atoms with Crippen LogP contribution in [0.4, 0.5) is 0 Å². The van der Waals surface area contributed by atoms with E-state index in [0.717, 1.165) is 25.9 Å². The number of nitrogens with zero attached hydrogens (tertiary/aromatic N) is 2. The summed E-state index contributed by atoms with van der Waals surface area (Å²) in [5, 5.41) is 9.93. The topological polar surface area (TPSA) is 36.4 Å². The number of rotatable bonds is 7. The number of aliphatic hydroxyl groups excluding tert-OH is 1. The van der Waals surface area contributed by atoms with Crippen molar-refractivity contribution in [3.8, 4) is 0 Å². The van der Waals surface area contributed by atoms with E-state index in [9.17, 15) is 5.11 Å². The van der Waals surface area contributed by atoms with Crippen LogP contribution in [-0.2, 0) is 6.42 Å². The molecule has 0 bridgehead atoms. The quantitative estimate of drug-likeness (QED) is 0.786. The first kappa shape index (κ1) is 14.1. The Kier molecular flexibility index (Phi) is 6.16. The molecule has 17 heavy (non-hydrogen) atoms. The van der Waals surface area contributed by atoms with Gasteiger partial charge in [0, 0.05) is 25.5 Å². The molecule has 0 aliphatic rings. The number of aliphatic hydroxyl groups is 1. The standard InChI is InChI=1S/C14H24N2O/c1-4-12(2)14(17)11-16(3)10-7-13-5-8-15-9-6-13/h5-6,8-9,12,14,17H,4,7,10-11H2,1-3H3. The highest BCUT2D eigenvalue weighted by Gasteiger charge is 2.14. The number of pyridine rings is 1. The van der Waals surface area contributed by atoms with E-state index in [2.05, 4.69) is 30.8 Å². The zero-order chi connectivity index (χ0) is 12.7. The summed E-state index contributed by atoms with van der Waals surface area (Å²) in [4.78, 5) is 6.19. The second-order valence-corrected chi connectivity index (χ2v) is 4.82. The third-order valence-corrected chi connectivity index (χ3v) is 3.33. The summed E-state index contributed by atoms with van der Waals surface area (Å²) in [6.07, 6.45) is 5.46. The van der Waals surface area contributed by atoms with Gasteiger partial charge < -0.3 is 10.0 Å². The SMILES string of the molecule is CCC(C)C(O)CN(C)CCc1ccncc1. The highest BCUT2D eigenvalue weighted by Crippen LogP contribution is 2.08. The number of hydrogen-bond donors (Lipinski definition) is 1. The van der Waals surface area contributed by atoms with Crippen LogP contribution in [0.25, 0.3) is 0 Å². The molecule has 3 heteroatoms. The zero-order valence-electron chi connectivity index (χ0n) is 11.1. The largest absolute Gasteiger partial charge is 0.392 e. The Balaban J connectivity index is 2.28. The molecule has 1 aromatic heterocycles. The summed E-state index contributed by atoms with van der Waals surface area (Å²) in [5.41, 5.74) is 1.30. The lowest BCUT2D eigenvalue weighted by Gasteiger charge is -2.24. The van der Waals surface area contributed by atoms with Gasteiger partial charge in [0.1, 0.15) is 0 Å². The van der Waals surface area contributed by atoms with Crippen molar-refractivity contribution in [3.63, 3.8) is 0 Å². The lowest BCUT2D eigenvalue weighted by Crippen LogP contribution is -2.34. The predicted molar refractivity (Wildman–Crippen MR) is 70.9 cm³/mol. The molecule has 3 nitrogen and oxygen atoms in total. The molecule has 0 aromatic carbocycles. The smallest absolute Gasteiger partial charge is 0.0692 e. The van der Waals surface area contributed by atoms with Gasteiger partial charge in [0.15, 0.2) is 0 Å². The maximum absolute atomic E-state index is 9.93. The van der Waals surface area contributed by atoms with Crippen molar-refractivity contribution in [2.45, 2.75) is 32.8 Å². The Morgan fingerprint density at radius 1 is 1.35 bits per heavy atom. The van der Waals surface area contributed by atoms with Crippen molar-refractivity contribution in [1.82, 2.24) is 9.88 Å². The van der Waals surface area contributed by atoms with Gasteiger partial charge in [-0.15, -0.1) is 0 Å². The van der Waals surface area contributed by atoms with Crippen LogP contribution >= 0.6 is 0 Å². The minimum atomic E-state index is -0.220. The highest BCUT2D eigenvalue weighted by molar-refractivity contribution is 5.09. The predicted octanol–water partition coefficient (Wildman–Crippen LogP) is 1.96. The van der Waals surface area contributed by atoms with Crippen LogP contribution in [0.15, 0.2) is 24.5 Å². The summed E-state index contributed by atoms with van der Waals surface area (Å²) >= 11 is 0. The number of hydrogen-bond acceptors (Lipinski definition) is 3.